The van der Waals surface area contributed by atoms with E-state index < -0.39 is 0 Å². The number of nitrogens with one attached hydrogen (secondary N) is 2. The highest BCUT2D eigenvalue weighted by Gasteiger charge is 2.04. The molecule has 0 radical (unpaired) electrons. The van der Waals surface area contributed by atoms with Crippen LogP contribution in [0, 0.1) is 0 Å². The van der Waals surface area contributed by atoms with Crippen molar-refractivity contribution in [2.75, 3.05) is 13.7 Å². The van der Waals surface area contributed by atoms with Crippen LogP contribution in [-0.2, 0) is 9.59 Å². The van der Waals surface area contributed by atoms with Crippen LogP contribution < -0.4 is 15.5 Å². The topological polar surface area (TPSA) is 79.8 Å². The summed E-state index contributed by atoms with van der Waals surface area (Å²) >= 11 is 0. The van der Waals surface area contributed by atoms with E-state index in [0.29, 0.717) is 6.42 Å². The lowest BCUT2D eigenvalue weighted by molar-refractivity contribution is -0.126. The third kappa shape index (κ3) is 13.7. The smallest absolute Gasteiger partial charge is 0.259 e. The average Bonchev–Trinajstić information content (AvgIpc) is 2.76. The number of unbranched alkanes of at least 4 members (excludes halogenated alkanes) is 10. The normalized spacial score (nSPS) is 10.9. The summed E-state index contributed by atoms with van der Waals surface area (Å²) in [6.45, 7) is 2.18. The van der Waals surface area contributed by atoms with Crippen molar-refractivity contribution in [3.63, 3.8) is 0 Å². The molecular formula is C24H39N3O3. The highest BCUT2D eigenvalue weighted by molar-refractivity contribution is 5.86. The third-order valence-electron chi connectivity index (χ3n) is 4.95. The van der Waals surface area contributed by atoms with E-state index in [2.05, 4.69) is 22.8 Å². The van der Waals surface area contributed by atoms with Crippen LogP contribution in [0.25, 0.3) is 0 Å². The Morgan fingerprint density at radius 1 is 0.933 bits per heavy atom. The van der Waals surface area contributed by atoms with Crippen molar-refractivity contribution in [1.82, 2.24) is 10.7 Å². The fraction of sp³-hybridized carbons (Fsp3) is 0.625. The van der Waals surface area contributed by atoms with Gasteiger partial charge < -0.3 is 10.1 Å². The van der Waals surface area contributed by atoms with Gasteiger partial charge in [-0.25, -0.2) is 5.43 Å². The summed E-state index contributed by atoms with van der Waals surface area (Å²) in [4.78, 5) is 23.6. The van der Waals surface area contributed by atoms with Gasteiger partial charge in [0.05, 0.1) is 19.9 Å². The number of hydrazone groups is 1. The molecule has 2 amide bonds. The van der Waals surface area contributed by atoms with Gasteiger partial charge in [-0.1, -0.05) is 83.3 Å². The Kier molecular flexibility index (Phi) is 15.0. The Bertz CT molecular complexity index is 632. The molecule has 6 heteroatoms. The Morgan fingerprint density at radius 2 is 1.57 bits per heavy atom. The summed E-state index contributed by atoms with van der Waals surface area (Å²) in [5.41, 5.74) is 3.23. The number of amides is 2. The second-order valence-electron chi connectivity index (χ2n) is 7.63. The molecule has 0 aromatic heterocycles. The van der Waals surface area contributed by atoms with E-state index in [9.17, 15) is 9.59 Å². The lowest BCUT2D eigenvalue weighted by Gasteiger charge is -2.05. The van der Waals surface area contributed by atoms with Gasteiger partial charge in [0, 0.05) is 6.42 Å². The van der Waals surface area contributed by atoms with E-state index in [-0.39, 0.29) is 18.4 Å². The molecule has 0 spiro atoms. The zero-order chi connectivity index (χ0) is 21.9. The molecule has 0 atom stereocenters. The zero-order valence-corrected chi connectivity index (χ0v) is 18.8. The van der Waals surface area contributed by atoms with Gasteiger partial charge in [0.25, 0.3) is 5.91 Å². The van der Waals surface area contributed by atoms with Crippen LogP contribution in [-0.4, -0.2) is 31.7 Å². The number of hydrogen-bond acceptors (Lipinski definition) is 4. The Balaban J connectivity index is 1.99. The van der Waals surface area contributed by atoms with Crippen molar-refractivity contribution in [3.8, 4) is 5.75 Å². The number of benzene rings is 1. The Hall–Kier alpha value is -2.37. The number of carbonyl (C=O) groups excluding carboxylic acids is 2. The second-order valence-corrected chi connectivity index (χ2v) is 7.63. The molecule has 168 valence electrons. The maximum Gasteiger partial charge on any atom is 0.259 e. The van der Waals surface area contributed by atoms with Gasteiger partial charge in [0.1, 0.15) is 5.75 Å². The summed E-state index contributed by atoms with van der Waals surface area (Å²) in [6, 6.07) is 7.34. The van der Waals surface area contributed by atoms with Gasteiger partial charge in [-0.05, 0) is 24.1 Å². The number of carbonyl (C=O) groups is 2. The molecule has 2 N–H and O–H groups in total. The maximum absolute atomic E-state index is 11.8. The largest absolute Gasteiger partial charge is 0.497 e. The van der Waals surface area contributed by atoms with Crippen LogP contribution in [0.1, 0.15) is 89.5 Å². The minimum absolute atomic E-state index is 0.0632. The highest BCUT2D eigenvalue weighted by Crippen LogP contribution is 2.12. The molecule has 0 aliphatic rings. The van der Waals surface area contributed by atoms with Crippen molar-refractivity contribution in [2.24, 2.45) is 5.10 Å². The average molecular weight is 418 g/mol. The molecule has 0 saturated carbocycles. The van der Waals surface area contributed by atoms with Crippen LogP contribution in [0.5, 0.6) is 5.75 Å². The maximum atomic E-state index is 11.8. The second kappa shape index (κ2) is 17.5. The van der Waals surface area contributed by atoms with Gasteiger partial charge in [0.2, 0.25) is 5.91 Å². The van der Waals surface area contributed by atoms with Crippen molar-refractivity contribution >= 4 is 18.0 Å². The van der Waals surface area contributed by atoms with Crippen LogP contribution in [0.2, 0.25) is 0 Å². The van der Waals surface area contributed by atoms with E-state index in [0.717, 1.165) is 24.2 Å². The number of nitrogens with zero attached hydrogens (tertiary/aromatic N) is 1. The van der Waals surface area contributed by atoms with Gasteiger partial charge in [-0.15, -0.1) is 0 Å². The number of methoxy groups -OCH3 is 1. The van der Waals surface area contributed by atoms with Crippen molar-refractivity contribution < 1.29 is 14.3 Å². The summed E-state index contributed by atoms with van der Waals surface area (Å²) < 4.78 is 5.13. The predicted molar refractivity (Wildman–Crippen MR) is 123 cm³/mol. The van der Waals surface area contributed by atoms with Gasteiger partial charge in [0.15, 0.2) is 0 Å². The van der Waals surface area contributed by atoms with Crippen LogP contribution in [0.4, 0.5) is 0 Å². The monoisotopic (exact) mass is 417 g/mol. The minimum Gasteiger partial charge on any atom is -0.497 e. The fourth-order valence-electron chi connectivity index (χ4n) is 3.16. The van der Waals surface area contributed by atoms with E-state index >= 15 is 0 Å². The Morgan fingerprint density at radius 3 is 2.20 bits per heavy atom. The molecule has 1 rings (SSSR count). The molecule has 0 unspecified atom stereocenters. The van der Waals surface area contributed by atoms with Gasteiger partial charge in [-0.2, -0.15) is 5.10 Å². The molecule has 30 heavy (non-hydrogen) atoms. The molecule has 0 aliphatic carbocycles. The first kappa shape index (κ1) is 25.7. The number of ether oxygens (including phenoxy) is 1. The molecule has 0 heterocycles. The third-order valence-corrected chi connectivity index (χ3v) is 4.95. The van der Waals surface area contributed by atoms with Crippen molar-refractivity contribution in [1.29, 1.82) is 0 Å². The minimum atomic E-state index is -0.346. The SMILES string of the molecule is CCCCCCCCCCCCCC(=O)NCC(=O)N/N=C\c1cccc(OC)c1. The lowest BCUT2D eigenvalue weighted by atomic mass is 10.1. The standard InChI is InChI=1S/C24H39N3O3/c1-3-4-5-6-7-8-9-10-11-12-13-17-23(28)25-20-24(29)27-26-19-21-15-14-16-22(18-21)30-2/h14-16,18-19H,3-13,17,20H2,1-2H3,(H,25,28)(H,27,29)/b26-19-. The molecule has 0 fully saturated rings. The van der Waals surface area contributed by atoms with Crippen LogP contribution in [0.3, 0.4) is 0 Å². The van der Waals surface area contributed by atoms with E-state index in [4.69, 9.17) is 4.74 Å². The van der Waals surface area contributed by atoms with E-state index in [1.807, 2.05) is 24.3 Å². The molecule has 1 aromatic rings. The molecule has 0 saturated heterocycles. The van der Waals surface area contributed by atoms with Gasteiger partial charge in [-0.3, -0.25) is 9.59 Å². The fourth-order valence-corrected chi connectivity index (χ4v) is 3.16. The Labute approximate surface area is 181 Å². The molecular weight excluding hydrogens is 378 g/mol. The molecule has 0 aliphatic heterocycles. The lowest BCUT2D eigenvalue weighted by Crippen LogP contribution is -2.34. The van der Waals surface area contributed by atoms with E-state index in [1.54, 1.807) is 7.11 Å². The molecule has 1 aromatic carbocycles. The first-order chi connectivity index (χ1) is 14.7. The zero-order valence-electron chi connectivity index (χ0n) is 18.8. The number of rotatable bonds is 17. The quantitative estimate of drug-likeness (QED) is 0.213. The van der Waals surface area contributed by atoms with Crippen LogP contribution in [0.15, 0.2) is 29.4 Å². The van der Waals surface area contributed by atoms with Gasteiger partial charge >= 0.3 is 0 Å². The van der Waals surface area contributed by atoms with Crippen molar-refractivity contribution in [2.45, 2.75) is 84.0 Å². The first-order valence-corrected chi connectivity index (χ1v) is 11.4. The summed E-state index contributed by atoms with van der Waals surface area (Å²) in [5.74, 6) is 0.291. The van der Waals surface area contributed by atoms with E-state index in [1.165, 1.54) is 64.0 Å². The summed E-state index contributed by atoms with van der Waals surface area (Å²) in [5, 5.41) is 6.54. The number of hydrogen-bond donors (Lipinski definition) is 2. The molecule has 6 nitrogen and oxygen atoms in total. The molecule has 0 bridgehead atoms. The van der Waals surface area contributed by atoms with Crippen molar-refractivity contribution in [3.05, 3.63) is 29.8 Å². The summed E-state index contributed by atoms with van der Waals surface area (Å²) in [7, 11) is 1.59. The first-order valence-electron chi connectivity index (χ1n) is 11.4. The summed E-state index contributed by atoms with van der Waals surface area (Å²) in [6.07, 6.45) is 15.8. The predicted octanol–water partition coefficient (Wildman–Crippen LogP) is 4.96. The van der Waals surface area contributed by atoms with Crippen LogP contribution >= 0.6 is 0 Å². The highest BCUT2D eigenvalue weighted by atomic mass is 16.5.